The monoisotopic (exact) mass is 354 g/mol. The van der Waals surface area contributed by atoms with Gasteiger partial charge in [0, 0.05) is 15.1 Å². The van der Waals surface area contributed by atoms with Crippen LogP contribution in [0.2, 0.25) is 5.02 Å². The smallest absolute Gasteiger partial charge is 0.340 e. The molecule has 0 atom stereocenters. The number of carbonyl (C=O) groups is 1. The topological polar surface area (TPSA) is 65.2 Å². The number of anilines is 1. The van der Waals surface area contributed by atoms with E-state index in [0.29, 0.717) is 22.0 Å². The van der Waals surface area contributed by atoms with Crippen molar-refractivity contribution in [3.05, 3.63) is 56.8 Å². The third-order valence-corrected chi connectivity index (χ3v) is 3.55. The lowest BCUT2D eigenvalue weighted by Gasteiger charge is -2.08. The highest BCUT2D eigenvalue weighted by Gasteiger charge is 2.13. The lowest BCUT2D eigenvalue weighted by atomic mass is 10.2. The highest BCUT2D eigenvalue weighted by atomic mass is 79.9. The summed E-state index contributed by atoms with van der Waals surface area (Å²) in [5.74, 6) is -0.471. The molecule has 2 N–H and O–H groups in total. The molecule has 2 aromatic rings. The van der Waals surface area contributed by atoms with Crippen molar-refractivity contribution < 1.29 is 9.53 Å². The van der Waals surface area contributed by atoms with Gasteiger partial charge in [0.25, 0.3) is 0 Å². The van der Waals surface area contributed by atoms with Gasteiger partial charge in [0.1, 0.15) is 6.61 Å². The Bertz CT molecular complexity index is 662. The molecule has 0 radical (unpaired) electrons. The molecule has 0 saturated heterocycles. The Morgan fingerprint density at radius 1 is 1.45 bits per heavy atom. The fourth-order valence-corrected chi connectivity index (χ4v) is 2.34. The zero-order valence-electron chi connectivity index (χ0n) is 10.7. The van der Waals surface area contributed by atoms with Gasteiger partial charge >= 0.3 is 5.97 Å². The van der Waals surface area contributed by atoms with Gasteiger partial charge in [0.05, 0.1) is 23.1 Å². The van der Waals surface area contributed by atoms with Crippen LogP contribution in [0.15, 0.2) is 34.9 Å². The van der Waals surface area contributed by atoms with Crippen molar-refractivity contribution in [1.29, 1.82) is 0 Å². The lowest BCUT2D eigenvalue weighted by molar-refractivity contribution is 0.0471. The molecular weight excluding hydrogens is 344 g/mol. The zero-order chi connectivity index (χ0) is 14.7. The molecule has 0 aliphatic heterocycles. The minimum Gasteiger partial charge on any atom is -0.457 e. The minimum absolute atomic E-state index is 0.0964. The molecule has 2 rings (SSSR count). The Balaban J connectivity index is 2.10. The molecular formula is C14H12BrClN2O2. The largest absolute Gasteiger partial charge is 0.457 e. The molecule has 0 spiro atoms. The van der Waals surface area contributed by atoms with Gasteiger partial charge in [0.2, 0.25) is 0 Å². The molecule has 0 unspecified atom stereocenters. The minimum atomic E-state index is -0.471. The van der Waals surface area contributed by atoms with E-state index in [1.165, 1.54) is 6.20 Å². The standard InChI is InChI=1S/C14H12BrClN2O2/c1-8-12(5-11(17)6-18-8)14(19)20-7-9-2-3-10(15)4-13(9)16/h2-6H,7,17H2,1H3. The summed E-state index contributed by atoms with van der Waals surface area (Å²) in [6, 6.07) is 6.93. The van der Waals surface area contributed by atoms with Crippen LogP contribution in [0, 0.1) is 6.92 Å². The summed E-state index contributed by atoms with van der Waals surface area (Å²) < 4.78 is 6.11. The van der Waals surface area contributed by atoms with Crippen LogP contribution < -0.4 is 5.73 Å². The van der Waals surface area contributed by atoms with E-state index in [9.17, 15) is 4.79 Å². The number of aromatic nitrogens is 1. The molecule has 0 amide bonds. The SMILES string of the molecule is Cc1ncc(N)cc1C(=O)OCc1ccc(Br)cc1Cl. The van der Waals surface area contributed by atoms with E-state index >= 15 is 0 Å². The number of rotatable bonds is 3. The van der Waals surface area contributed by atoms with Crippen LogP contribution in [0.5, 0.6) is 0 Å². The first-order valence-corrected chi connectivity index (χ1v) is 6.97. The fraction of sp³-hybridized carbons (Fsp3) is 0.143. The highest BCUT2D eigenvalue weighted by Crippen LogP contribution is 2.22. The van der Waals surface area contributed by atoms with E-state index < -0.39 is 5.97 Å². The van der Waals surface area contributed by atoms with Gasteiger partial charge < -0.3 is 10.5 Å². The summed E-state index contributed by atoms with van der Waals surface area (Å²) in [4.78, 5) is 16.0. The van der Waals surface area contributed by atoms with Crippen molar-refractivity contribution >= 4 is 39.2 Å². The van der Waals surface area contributed by atoms with Crippen molar-refractivity contribution in [2.75, 3.05) is 5.73 Å². The second-order valence-corrected chi connectivity index (χ2v) is 5.54. The maximum Gasteiger partial charge on any atom is 0.340 e. The van der Waals surface area contributed by atoms with E-state index in [-0.39, 0.29) is 6.61 Å². The number of nitrogens with two attached hydrogens (primary N) is 1. The van der Waals surface area contributed by atoms with Crippen LogP contribution in [0.25, 0.3) is 0 Å². The summed E-state index contributed by atoms with van der Waals surface area (Å²) >= 11 is 9.38. The summed E-state index contributed by atoms with van der Waals surface area (Å²) in [6.07, 6.45) is 1.50. The summed E-state index contributed by atoms with van der Waals surface area (Å²) in [5.41, 5.74) is 7.71. The van der Waals surface area contributed by atoms with Gasteiger partial charge in [0.15, 0.2) is 0 Å². The number of ether oxygens (including phenoxy) is 1. The van der Waals surface area contributed by atoms with E-state index in [0.717, 1.165) is 10.0 Å². The second-order valence-electron chi connectivity index (χ2n) is 4.21. The number of aryl methyl sites for hydroxylation is 1. The molecule has 0 fully saturated rings. The van der Waals surface area contributed by atoms with E-state index in [1.54, 1.807) is 25.1 Å². The molecule has 0 aliphatic carbocycles. The Morgan fingerprint density at radius 2 is 2.20 bits per heavy atom. The normalized spacial score (nSPS) is 10.3. The number of hydrogen-bond donors (Lipinski definition) is 1. The molecule has 0 saturated carbocycles. The molecule has 104 valence electrons. The van der Waals surface area contributed by atoms with Crippen LogP contribution in [0.3, 0.4) is 0 Å². The number of hydrogen-bond acceptors (Lipinski definition) is 4. The molecule has 0 aliphatic rings. The van der Waals surface area contributed by atoms with Gasteiger partial charge in [-0.3, -0.25) is 4.98 Å². The number of esters is 1. The van der Waals surface area contributed by atoms with Crippen LogP contribution in [-0.4, -0.2) is 11.0 Å². The van der Waals surface area contributed by atoms with Crippen LogP contribution >= 0.6 is 27.5 Å². The van der Waals surface area contributed by atoms with Crippen LogP contribution in [0.4, 0.5) is 5.69 Å². The molecule has 20 heavy (non-hydrogen) atoms. The van der Waals surface area contributed by atoms with Crippen molar-refractivity contribution in [3.63, 3.8) is 0 Å². The van der Waals surface area contributed by atoms with Crippen molar-refractivity contribution in [2.24, 2.45) is 0 Å². The third-order valence-electron chi connectivity index (χ3n) is 2.70. The number of nitrogen functional groups attached to an aromatic ring is 1. The van der Waals surface area contributed by atoms with E-state index in [1.807, 2.05) is 6.07 Å². The average Bonchev–Trinajstić information content (AvgIpc) is 2.40. The van der Waals surface area contributed by atoms with Gasteiger partial charge in [-0.15, -0.1) is 0 Å². The number of benzene rings is 1. The van der Waals surface area contributed by atoms with Crippen LogP contribution in [-0.2, 0) is 11.3 Å². The number of carbonyl (C=O) groups excluding carboxylic acids is 1. The number of pyridine rings is 1. The number of halogens is 2. The molecule has 1 heterocycles. The lowest BCUT2D eigenvalue weighted by Crippen LogP contribution is -2.09. The van der Waals surface area contributed by atoms with Gasteiger partial charge in [-0.05, 0) is 25.1 Å². The van der Waals surface area contributed by atoms with Gasteiger partial charge in [-0.1, -0.05) is 33.6 Å². The Hall–Kier alpha value is -1.59. The number of nitrogens with zero attached hydrogens (tertiary/aromatic N) is 1. The van der Waals surface area contributed by atoms with Gasteiger partial charge in [-0.2, -0.15) is 0 Å². The molecule has 0 bridgehead atoms. The predicted molar refractivity (Wildman–Crippen MR) is 81.7 cm³/mol. The van der Waals surface area contributed by atoms with Gasteiger partial charge in [-0.25, -0.2) is 4.79 Å². The summed E-state index contributed by atoms with van der Waals surface area (Å²) in [5, 5.41) is 0.537. The predicted octanol–water partition coefficient (Wildman–Crippen LogP) is 3.75. The first-order chi connectivity index (χ1) is 9.47. The van der Waals surface area contributed by atoms with Crippen LogP contribution in [0.1, 0.15) is 21.6 Å². The second kappa shape index (κ2) is 6.24. The Kier molecular flexibility index (Phi) is 4.62. The summed E-state index contributed by atoms with van der Waals surface area (Å²) in [6.45, 7) is 1.82. The quantitative estimate of drug-likeness (QED) is 0.852. The summed E-state index contributed by atoms with van der Waals surface area (Å²) in [7, 11) is 0. The fourth-order valence-electron chi connectivity index (χ4n) is 1.62. The molecule has 4 nitrogen and oxygen atoms in total. The molecule has 6 heteroatoms. The highest BCUT2D eigenvalue weighted by molar-refractivity contribution is 9.10. The van der Waals surface area contributed by atoms with Crippen molar-refractivity contribution in [2.45, 2.75) is 13.5 Å². The zero-order valence-corrected chi connectivity index (χ0v) is 13.0. The molecule has 1 aromatic heterocycles. The Morgan fingerprint density at radius 3 is 2.90 bits per heavy atom. The molecule has 1 aromatic carbocycles. The Labute approximate surface area is 130 Å². The van der Waals surface area contributed by atoms with Crippen molar-refractivity contribution in [1.82, 2.24) is 4.98 Å². The van der Waals surface area contributed by atoms with E-state index in [4.69, 9.17) is 22.1 Å². The average molecular weight is 356 g/mol. The first kappa shape index (κ1) is 14.8. The first-order valence-electron chi connectivity index (χ1n) is 5.80. The maximum absolute atomic E-state index is 12.0. The van der Waals surface area contributed by atoms with E-state index in [2.05, 4.69) is 20.9 Å². The van der Waals surface area contributed by atoms with Crippen molar-refractivity contribution in [3.8, 4) is 0 Å². The third kappa shape index (κ3) is 3.49. The maximum atomic E-state index is 12.0.